The predicted molar refractivity (Wildman–Crippen MR) is 341 cm³/mol. The molecule has 0 aromatic carbocycles. The molecule has 20 N–H and O–H groups in total. The highest BCUT2D eigenvalue weighted by Crippen LogP contribution is 2.41. The lowest BCUT2D eigenvalue weighted by Crippen LogP contribution is -2.72. The van der Waals surface area contributed by atoms with Gasteiger partial charge in [-0.2, -0.15) is 0 Å². The van der Waals surface area contributed by atoms with Gasteiger partial charge in [-0.15, -0.1) is 0 Å². The normalized spacial score (nSPS) is 36.1. The molecule has 1 aromatic heterocycles. The summed E-state index contributed by atoms with van der Waals surface area (Å²) < 4.78 is 59.7. The molecule has 574 valence electrons. The van der Waals surface area contributed by atoms with Crippen LogP contribution in [0.1, 0.15) is 136 Å². The van der Waals surface area contributed by atoms with Gasteiger partial charge < -0.3 is 150 Å². The van der Waals surface area contributed by atoms with Gasteiger partial charge in [0.15, 0.2) is 25.2 Å². The summed E-state index contributed by atoms with van der Waals surface area (Å²) in [5.74, 6) is -7.79. The van der Waals surface area contributed by atoms with Crippen molar-refractivity contribution < 1.29 is 153 Å². The molecule has 0 aliphatic carbocycles. The Hall–Kier alpha value is -4.27. The average Bonchev–Trinajstić information content (AvgIpc) is 0.749. The van der Waals surface area contributed by atoms with Gasteiger partial charge in [-0.1, -0.05) is 109 Å². The van der Waals surface area contributed by atoms with Crippen molar-refractivity contribution in [2.75, 3.05) is 39.6 Å². The number of nitrogens with zero attached hydrogens (tertiary/aromatic N) is 1. The Morgan fingerprint density at radius 3 is 1.66 bits per heavy atom. The van der Waals surface area contributed by atoms with Crippen LogP contribution < -0.4 is 16.0 Å². The Labute approximate surface area is 579 Å². The van der Waals surface area contributed by atoms with E-state index in [9.17, 15) is 106 Å². The minimum absolute atomic E-state index is 0.0945. The summed E-state index contributed by atoms with van der Waals surface area (Å²) in [6.07, 6.45) is -29.7. The second-order valence-electron chi connectivity index (χ2n) is 26.1. The second-order valence-corrected chi connectivity index (χ2v) is 26.1. The van der Waals surface area contributed by atoms with Gasteiger partial charge in [-0.25, -0.2) is 4.79 Å². The summed E-state index contributed by atoms with van der Waals surface area (Å²) in [5.41, 5.74) is 0.458. The van der Waals surface area contributed by atoms with Crippen LogP contribution >= 0.6 is 0 Å². The molecule has 5 saturated heterocycles. The Balaban J connectivity index is 1.25. The van der Waals surface area contributed by atoms with Gasteiger partial charge in [0.25, 0.3) is 5.79 Å². The highest BCUT2D eigenvalue weighted by Gasteiger charge is 2.62. The van der Waals surface area contributed by atoms with Crippen molar-refractivity contribution in [1.82, 2.24) is 20.9 Å². The molecule has 100 heavy (non-hydrogen) atoms. The summed E-state index contributed by atoms with van der Waals surface area (Å²) in [5, 5.41) is 196. The van der Waals surface area contributed by atoms with Crippen LogP contribution in [0.2, 0.25) is 0 Å². The number of aliphatic carboxylic acids is 1. The zero-order valence-electron chi connectivity index (χ0n) is 56.6. The molecule has 28 atom stereocenters. The molecule has 5 aliphatic rings. The summed E-state index contributed by atoms with van der Waals surface area (Å²) in [6.45, 7) is -2.02. The Morgan fingerprint density at radius 1 is 0.590 bits per heavy atom. The van der Waals surface area contributed by atoms with Crippen molar-refractivity contribution in [2.45, 2.75) is 301 Å². The van der Waals surface area contributed by atoms with Crippen LogP contribution in [-0.2, 0) is 66.5 Å². The third-order valence-electron chi connectivity index (χ3n) is 18.4. The molecule has 6 heterocycles. The van der Waals surface area contributed by atoms with Crippen molar-refractivity contribution in [1.29, 1.82) is 0 Å². The number of nitrogens with one attached hydrogen (secondary N) is 3. The van der Waals surface area contributed by atoms with E-state index in [2.05, 4.69) is 27.9 Å². The summed E-state index contributed by atoms with van der Waals surface area (Å²) >= 11 is 0. The van der Waals surface area contributed by atoms with Gasteiger partial charge in [-0.05, 0) is 24.6 Å². The van der Waals surface area contributed by atoms with Crippen LogP contribution in [-0.4, -0.2) is 326 Å². The topological polar surface area (TPSA) is 553 Å². The lowest BCUT2D eigenvalue weighted by atomic mass is 9.88. The number of aliphatic hydroxyl groups excluding tert-OH is 16. The molecule has 1 aromatic rings. The van der Waals surface area contributed by atoms with E-state index in [-0.39, 0.29) is 6.42 Å². The number of carbonyl (C=O) groups is 4. The predicted octanol–water partition coefficient (Wildman–Crippen LogP) is -5.19. The SMILES string of the molecule is CCCCCCCCCCCCCCCCCC(=O)N[C@@H](CO[C@@H]1O[C@H](CO)[C@@H](O[C@@H]2O[C@H](CO)[C@H](O[C@@H]3O[C@H](CO)[C@H](O)[C@H](O[C@@H]4O[C@H](CO)[C@H](O)[C@H](O)[C@H]4O)[C@H]3NC(C)=O)[C@H](OC3(C(=O)O)C[C@H](O)[C@@H](NC(C)=O)[C@H](C(O)[C@H](O)CO)O3)[C@H]2O)[C@H](O)[C@H]1O)[C@H](O)/C=C/c1ccccn1. The molecular weight excluding hydrogens is 1330 g/mol. The molecule has 35 heteroatoms. The fourth-order valence-corrected chi connectivity index (χ4v) is 12.8. The Kier molecular flexibility index (Phi) is 35.6. The smallest absolute Gasteiger partial charge is 0.364 e. The fourth-order valence-electron chi connectivity index (χ4n) is 12.8. The first-order chi connectivity index (χ1) is 47.8. The number of amides is 3. The van der Waals surface area contributed by atoms with E-state index in [1.165, 1.54) is 76.1 Å². The molecule has 6 rings (SSSR count). The molecule has 35 nitrogen and oxygen atoms in total. The van der Waals surface area contributed by atoms with E-state index in [1.807, 2.05) is 0 Å². The zero-order chi connectivity index (χ0) is 73.4. The van der Waals surface area contributed by atoms with Crippen LogP contribution in [0.5, 0.6) is 0 Å². The number of ether oxygens (including phenoxy) is 10. The molecule has 5 aliphatic heterocycles. The molecule has 0 saturated carbocycles. The van der Waals surface area contributed by atoms with Crippen LogP contribution in [0.4, 0.5) is 0 Å². The van der Waals surface area contributed by atoms with Crippen molar-refractivity contribution >= 4 is 29.8 Å². The molecular formula is C65H108N4O31. The zero-order valence-corrected chi connectivity index (χ0v) is 56.6. The fraction of sp³-hybridized carbons (Fsp3) is 0.831. The van der Waals surface area contributed by atoms with Gasteiger partial charge >= 0.3 is 5.97 Å². The van der Waals surface area contributed by atoms with E-state index in [4.69, 9.17) is 47.4 Å². The quantitative estimate of drug-likeness (QED) is 0.0273. The molecule has 5 fully saturated rings. The largest absolute Gasteiger partial charge is 0.477 e. The minimum Gasteiger partial charge on any atom is -0.477 e. The van der Waals surface area contributed by atoms with E-state index in [1.54, 1.807) is 18.2 Å². The maximum Gasteiger partial charge on any atom is 0.364 e. The van der Waals surface area contributed by atoms with Gasteiger partial charge in [0, 0.05) is 32.9 Å². The lowest BCUT2D eigenvalue weighted by Gasteiger charge is -2.52. The molecule has 0 radical (unpaired) electrons. The van der Waals surface area contributed by atoms with Crippen molar-refractivity contribution in [3.8, 4) is 0 Å². The number of hydrogen-bond donors (Lipinski definition) is 20. The number of hydrogen-bond acceptors (Lipinski definition) is 31. The van der Waals surface area contributed by atoms with E-state index in [0.717, 1.165) is 46.0 Å². The first-order valence-electron chi connectivity index (χ1n) is 34.5. The molecule has 0 bridgehead atoms. The first-order valence-corrected chi connectivity index (χ1v) is 34.5. The van der Waals surface area contributed by atoms with Gasteiger partial charge in [0.2, 0.25) is 17.7 Å². The maximum atomic E-state index is 13.8. The second kappa shape index (κ2) is 42.0. The van der Waals surface area contributed by atoms with E-state index in [0.29, 0.717) is 12.1 Å². The van der Waals surface area contributed by atoms with Gasteiger partial charge in [0.1, 0.15) is 116 Å². The van der Waals surface area contributed by atoms with Crippen LogP contribution in [0.25, 0.3) is 6.08 Å². The number of pyridine rings is 1. The van der Waals surface area contributed by atoms with Gasteiger partial charge in [-0.3, -0.25) is 19.4 Å². The number of carbonyl (C=O) groups excluding carboxylic acids is 3. The number of aliphatic hydroxyl groups is 16. The highest BCUT2D eigenvalue weighted by molar-refractivity contribution is 5.77. The maximum absolute atomic E-state index is 13.8. The lowest BCUT2D eigenvalue weighted by molar-refractivity contribution is -0.403. The standard InChI is InChI=1S/C65H108N4O31/c1-4-5-6-7-8-9-10-11-12-13-14-15-16-17-18-22-44(80)69-36(37(77)24-23-35-21-19-20-25-66-35)32-91-61-53(87)51(85)55(42(30-73)94-61)96-63-54(88)59(100-65(64(89)90)26-38(78)45(67-33(2)75)58(99-65)47(81)39(79)27-70)56(43(31-74)95-63)97-60-46(68-34(3)76)57(49(83)41(29-72)92-60)98-62-52(86)50(84)48(82)40(28-71)93-62/h19-21,23-25,36-43,45-63,70-74,77-79,81-88H,4-18,22,26-32H2,1-3H3,(H,67,75)(H,68,76)(H,69,80)(H,89,90)/b24-23+/t36-,37+,38-,39+,40+,41+,42+,43+,45+,46+,47?,48-,49-,50-,51+,52+,53+,54+,55+,56-,57+,58+,59+,60-,61+,62-,63-,65?/m0/s1. The third-order valence-corrected chi connectivity index (χ3v) is 18.4. The molecule has 0 spiro atoms. The van der Waals surface area contributed by atoms with Crippen LogP contribution in [0.15, 0.2) is 30.5 Å². The van der Waals surface area contributed by atoms with Crippen LogP contribution in [0, 0.1) is 0 Å². The summed E-state index contributed by atoms with van der Waals surface area (Å²) in [6, 6.07) is 0.162. The number of carboxylic acid groups (broad SMARTS) is 1. The number of aromatic nitrogens is 1. The highest BCUT2D eigenvalue weighted by atomic mass is 16.8. The average molecular weight is 1440 g/mol. The van der Waals surface area contributed by atoms with Crippen molar-refractivity contribution in [2.24, 2.45) is 0 Å². The van der Waals surface area contributed by atoms with Crippen LogP contribution in [0.3, 0.4) is 0 Å². The minimum atomic E-state index is -3.39. The Bertz CT molecular complexity index is 2590. The van der Waals surface area contributed by atoms with E-state index >= 15 is 0 Å². The van der Waals surface area contributed by atoms with Gasteiger partial charge in [0.05, 0.1) is 69.6 Å². The Morgan fingerprint density at radius 2 is 1.10 bits per heavy atom. The number of carboxylic acids is 1. The number of unbranched alkanes of at least 4 members (excludes halogenated alkanes) is 14. The molecule has 3 amide bonds. The van der Waals surface area contributed by atoms with E-state index < -0.39 is 241 Å². The third kappa shape index (κ3) is 23.4. The monoisotopic (exact) mass is 1440 g/mol. The summed E-state index contributed by atoms with van der Waals surface area (Å²) in [7, 11) is 0. The number of rotatable bonds is 41. The summed E-state index contributed by atoms with van der Waals surface area (Å²) in [4.78, 5) is 56.9. The van der Waals surface area contributed by atoms with Crippen molar-refractivity contribution in [3.05, 3.63) is 36.2 Å². The molecule has 2 unspecified atom stereocenters. The first kappa shape index (κ1) is 84.7. The van der Waals surface area contributed by atoms with Crippen molar-refractivity contribution in [3.63, 3.8) is 0 Å².